The highest BCUT2D eigenvalue weighted by atomic mass is 19.4. The van der Waals surface area contributed by atoms with E-state index in [0.717, 1.165) is 17.7 Å². The molecule has 0 aromatic heterocycles. The van der Waals surface area contributed by atoms with Crippen molar-refractivity contribution in [2.75, 3.05) is 20.2 Å². The quantitative estimate of drug-likeness (QED) is 0.849. The van der Waals surface area contributed by atoms with Gasteiger partial charge in [0.25, 0.3) is 0 Å². The van der Waals surface area contributed by atoms with Crippen LogP contribution in [0, 0.1) is 0 Å². The van der Waals surface area contributed by atoms with Gasteiger partial charge < -0.3 is 10.1 Å². The Kier molecular flexibility index (Phi) is 4.13. The van der Waals surface area contributed by atoms with E-state index in [4.69, 9.17) is 4.74 Å². The van der Waals surface area contributed by atoms with Gasteiger partial charge in [-0.2, -0.15) is 13.2 Å². The SMILES string of the molecule is COC(=O)C1=C(c2ccc(C(F)(F)F)cc2)CCNC1. The second-order valence-electron chi connectivity index (χ2n) is 4.45. The van der Waals surface area contributed by atoms with E-state index in [2.05, 4.69) is 5.32 Å². The Morgan fingerprint density at radius 3 is 2.45 bits per heavy atom. The number of methoxy groups -OCH3 is 1. The van der Waals surface area contributed by atoms with Crippen LogP contribution in [-0.2, 0) is 15.7 Å². The first-order chi connectivity index (χ1) is 9.43. The van der Waals surface area contributed by atoms with E-state index in [1.165, 1.54) is 19.2 Å². The largest absolute Gasteiger partial charge is 0.466 e. The zero-order chi connectivity index (χ0) is 14.8. The summed E-state index contributed by atoms with van der Waals surface area (Å²) in [5, 5.41) is 3.05. The molecule has 20 heavy (non-hydrogen) atoms. The molecule has 1 aliphatic heterocycles. The van der Waals surface area contributed by atoms with Gasteiger partial charge in [0.2, 0.25) is 0 Å². The first-order valence-electron chi connectivity index (χ1n) is 6.12. The Bertz CT molecular complexity index is 532. The summed E-state index contributed by atoms with van der Waals surface area (Å²) in [6.07, 6.45) is -3.78. The molecule has 1 heterocycles. The molecule has 0 amide bonds. The number of carbonyl (C=O) groups excluding carboxylic acids is 1. The van der Waals surface area contributed by atoms with Crippen molar-refractivity contribution in [2.45, 2.75) is 12.6 Å². The third-order valence-corrected chi connectivity index (χ3v) is 3.21. The number of carbonyl (C=O) groups is 1. The van der Waals surface area contributed by atoms with E-state index in [-0.39, 0.29) is 0 Å². The number of hydrogen-bond donors (Lipinski definition) is 1. The molecule has 1 aromatic rings. The zero-order valence-electron chi connectivity index (χ0n) is 10.9. The van der Waals surface area contributed by atoms with Crippen LogP contribution in [0.1, 0.15) is 17.5 Å². The van der Waals surface area contributed by atoms with Crippen molar-refractivity contribution in [3.8, 4) is 0 Å². The van der Waals surface area contributed by atoms with Crippen molar-refractivity contribution in [3.05, 3.63) is 41.0 Å². The fourth-order valence-corrected chi connectivity index (χ4v) is 2.18. The van der Waals surface area contributed by atoms with Gasteiger partial charge in [0.05, 0.1) is 18.2 Å². The summed E-state index contributed by atoms with van der Waals surface area (Å²) >= 11 is 0. The maximum atomic E-state index is 12.5. The highest BCUT2D eigenvalue weighted by Crippen LogP contribution is 2.31. The van der Waals surface area contributed by atoms with Crippen LogP contribution in [0.5, 0.6) is 0 Å². The third kappa shape index (κ3) is 3.01. The van der Waals surface area contributed by atoms with Crippen molar-refractivity contribution in [1.82, 2.24) is 5.32 Å². The maximum Gasteiger partial charge on any atom is 0.416 e. The minimum Gasteiger partial charge on any atom is -0.466 e. The van der Waals surface area contributed by atoms with Crippen LogP contribution in [0.3, 0.4) is 0 Å². The first kappa shape index (κ1) is 14.6. The van der Waals surface area contributed by atoms with Gasteiger partial charge in [-0.3, -0.25) is 0 Å². The summed E-state index contributed by atoms with van der Waals surface area (Å²) in [5.74, 6) is -0.452. The van der Waals surface area contributed by atoms with Gasteiger partial charge in [-0.05, 0) is 36.2 Å². The predicted molar refractivity (Wildman–Crippen MR) is 67.9 cm³/mol. The molecule has 1 N–H and O–H groups in total. The van der Waals surface area contributed by atoms with Crippen LogP contribution in [0.2, 0.25) is 0 Å². The molecule has 0 bridgehead atoms. The Morgan fingerprint density at radius 2 is 1.90 bits per heavy atom. The molecule has 0 fully saturated rings. The number of hydrogen-bond acceptors (Lipinski definition) is 3. The zero-order valence-corrected chi connectivity index (χ0v) is 10.9. The first-order valence-corrected chi connectivity index (χ1v) is 6.12. The standard InChI is InChI=1S/C14H14F3NO2/c1-20-13(19)12-8-18-7-6-11(12)9-2-4-10(5-3-9)14(15,16)17/h2-5,18H,6-8H2,1H3. The predicted octanol–water partition coefficient (Wildman–Crippen LogP) is 2.63. The average Bonchev–Trinajstić information content (AvgIpc) is 2.45. The molecule has 0 saturated carbocycles. The van der Waals surface area contributed by atoms with Crippen molar-refractivity contribution < 1.29 is 22.7 Å². The molecule has 6 heteroatoms. The van der Waals surface area contributed by atoms with E-state index in [1.807, 2.05) is 0 Å². The van der Waals surface area contributed by atoms with Gasteiger partial charge in [0, 0.05) is 6.54 Å². The third-order valence-electron chi connectivity index (χ3n) is 3.21. The van der Waals surface area contributed by atoms with E-state index in [1.54, 1.807) is 0 Å². The van der Waals surface area contributed by atoms with Crippen LogP contribution in [0.4, 0.5) is 13.2 Å². The molecule has 1 aliphatic rings. The summed E-state index contributed by atoms with van der Waals surface area (Å²) in [6.45, 7) is 1.04. The van der Waals surface area contributed by atoms with Crippen LogP contribution < -0.4 is 5.32 Å². The van der Waals surface area contributed by atoms with Gasteiger partial charge in [-0.25, -0.2) is 4.79 Å². The topological polar surface area (TPSA) is 38.3 Å². The van der Waals surface area contributed by atoms with Gasteiger partial charge in [-0.1, -0.05) is 12.1 Å². The minimum atomic E-state index is -4.35. The van der Waals surface area contributed by atoms with Crippen molar-refractivity contribution in [3.63, 3.8) is 0 Å². The summed E-state index contributed by atoms with van der Waals surface area (Å²) in [7, 11) is 1.29. The lowest BCUT2D eigenvalue weighted by Gasteiger charge is -2.20. The van der Waals surface area contributed by atoms with Crippen LogP contribution in [0.25, 0.3) is 5.57 Å². The smallest absolute Gasteiger partial charge is 0.416 e. The highest BCUT2D eigenvalue weighted by molar-refractivity contribution is 5.98. The molecule has 2 rings (SSSR count). The van der Waals surface area contributed by atoms with Gasteiger partial charge in [-0.15, -0.1) is 0 Å². The molecule has 0 atom stereocenters. The molecule has 0 saturated heterocycles. The van der Waals surface area contributed by atoms with Gasteiger partial charge >= 0.3 is 12.1 Å². The van der Waals surface area contributed by atoms with E-state index in [0.29, 0.717) is 30.6 Å². The highest BCUT2D eigenvalue weighted by Gasteiger charge is 2.30. The Balaban J connectivity index is 2.38. The number of ether oxygens (including phenoxy) is 1. The molecule has 3 nitrogen and oxygen atoms in total. The lowest BCUT2D eigenvalue weighted by atomic mass is 9.93. The summed E-state index contributed by atoms with van der Waals surface area (Å²) in [6, 6.07) is 4.84. The van der Waals surface area contributed by atoms with Crippen molar-refractivity contribution >= 4 is 11.5 Å². The molecular formula is C14H14F3NO2. The lowest BCUT2D eigenvalue weighted by molar-refractivity contribution is -0.138. The van der Waals surface area contributed by atoms with Crippen LogP contribution in [0.15, 0.2) is 29.8 Å². The minimum absolute atomic E-state index is 0.364. The molecule has 0 aliphatic carbocycles. The molecular weight excluding hydrogens is 271 g/mol. The lowest BCUT2D eigenvalue weighted by Crippen LogP contribution is -2.28. The molecule has 1 aromatic carbocycles. The Hall–Kier alpha value is -1.82. The number of nitrogens with one attached hydrogen (secondary N) is 1. The maximum absolute atomic E-state index is 12.5. The molecule has 108 valence electrons. The fraction of sp³-hybridized carbons (Fsp3) is 0.357. The molecule has 0 spiro atoms. The van der Waals surface area contributed by atoms with Crippen molar-refractivity contribution in [2.24, 2.45) is 0 Å². The van der Waals surface area contributed by atoms with Crippen LogP contribution >= 0.6 is 0 Å². The monoisotopic (exact) mass is 285 g/mol. The molecule has 0 radical (unpaired) electrons. The van der Waals surface area contributed by atoms with E-state index in [9.17, 15) is 18.0 Å². The second kappa shape index (κ2) is 5.66. The number of rotatable bonds is 2. The Labute approximate surface area is 114 Å². The summed E-state index contributed by atoms with van der Waals surface area (Å²) < 4.78 is 42.3. The summed E-state index contributed by atoms with van der Waals surface area (Å²) in [5.41, 5.74) is 1.14. The van der Waals surface area contributed by atoms with Crippen LogP contribution in [-0.4, -0.2) is 26.2 Å². The van der Waals surface area contributed by atoms with Crippen molar-refractivity contribution in [1.29, 1.82) is 0 Å². The fourth-order valence-electron chi connectivity index (χ4n) is 2.18. The summed E-state index contributed by atoms with van der Waals surface area (Å²) in [4.78, 5) is 11.7. The molecule has 0 unspecified atom stereocenters. The number of esters is 1. The van der Waals surface area contributed by atoms with E-state index < -0.39 is 17.7 Å². The normalized spacial score (nSPS) is 16.2. The second-order valence-corrected chi connectivity index (χ2v) is 4.45. The number of benzene rings is 1. The number of alkyl halides is 3. The van der Waals surface area contributed by atoms with E-state index >= 15 is 0 Å². The number of halogens is 3. The average molecular weight is 285 g/mol. The Morgan fingerprint density at radius 1 is 1.25 bits per heavy atom. The van der Waals surface area contributed by atoms with Gasteiger partial charge in [0.15, 0.2) is 0 Å². The van der Waals surface area contributed by atoms with Gasteiger partial charge in [0.1, 0.15) is 0 Å².